The van der Waals surface area contributed by atoms with Crippen molar-refractivity contribution in [2.75, 3.05) is 19.8 Å². The third-order valence-electron chi connectivity index (χ3n) is 1.77. The van der Waals surface area contributed by atoms with Gasteiger partial charge in [0.2, 0.25) is 0 Å². The van der Waals surface area contributed by atoms with E-state index in [0.29, 0.717) is 13.0 Å². The Bertz CT molecular complexity index is 179. The minimum atomic E-state index is -2.44. The van der Waals surface area contributed by atoms with Crippen molar-refractivity contribution in [1.29, 1.82) is 0 Å². The fraction of sp³-hybridized carbons (Fsp3) is 0.889. The Balaban J connectivity index is 3.23. The van der Waals surface area contributed by atoms with E-state index in [1.165, 1.54) is 0 Å². The summed E-state index contributed by atoms with van der Waals surface area (Å²) in [5.41, 5.74) is 0. The van der Waals surface area contributed by atoms with Gasteiger partial charge in [0.1, 0.15) is 6.61 Å². The number of carboxylic acids is 1. The standard InChI is InChI=1S/C9H17F2NO3/c1-7(2-3-9(13)14)12-4-5-15-6-8(10)11/h7-8,12H,2-6H2,1H3,(H,13,14). The van der Waals surface area contributed by atoms with Crippen molar-refractivity contribution in [1.82, 2.24) is 5.32 Å². The van der Waals surface area contributed by atoms with Gasteiger partial charge in [-0.05, 0) is 13.3 Å². The second-order valence-electron chi connectivity index (χ2n) is 3.25. The van der Waals surface area contributed by atoms with E-state index in [-0.39, 0.29) is 19.1 Å². The molecule has 0 bridgehead atoms. The number of hydrogen-bond donors (Lipinski definition) is 2. The number of alkyl halides is 2. The fourth-order valence-corrected chi connectivity index (χ4v) is 0.992. The van der Waals surface area contributed by atoms with Gasteiger partial charge in [-0.25, -0.2) is 8.78 Å². The van der Waals surface area contributed by atoms with Crippen LogP contribution in [0.5, 0.6) is 0 Å². The van der Waals surface area contributed by atoms with Gasteiger partial charge >= 0.3 is 5.97 Å². The average Bonchev–Trinajstić information content (AvgIpc) is 2.13. The Labute approximate surface area is 87.6 Å². The van der Waals surface area contributed by atoms with Crippen molar-refractivity contribution in [3.8, 4) is 0 Å². The first-order valence-corrected chi connectivity index (χ1v) is 4.83. The maximum atomic E-state index is 11.6. The van der Waals surface area contributed by atoms with Crippen molar-refractivity contribution in [3.05, 3.63) is 0 Å². The van der Waals surface area contributed by atoms with Gasteiger partial charge in [-0.2, -0.15) is 0 Å². The summed E-state index contributed by atoms with van der Waals surface area (Å²) in [7, 11) is 0. The van der Waals surface area contributed by atoms with Crippen LogP contribution in [0.25, 0.3) is 0 Å². The van der Waals surface area contributed by atoms with Crippen molar-refractivity contribution in [2.45, 2.75) is 32.2 Å². The fourth-order valence-electron chi connectivity index (χ4n) is 0.992. The monoisotopic (exact) mass is 225 g/mol. The molecule has 15 heavy (non-hydrogen) atoms. The number of carboxylic acid groups (broad SMARTS) is 1. The lowest BCUT2D eigenvalue weighted by Gasteiger charge is -2.12. The molecule has 2 N–H and O–H groups in total. The van der Waals surface area contributed by atoms with Crippen LogP contribution in [0.15, 0.2) is 0 Å². The van der Waals surface area contributed by atoms with Gasteiger partial charge in [-0.1, -0.05) is 0 Å². The summed E-state index contributed by atoms with van der Waals surface area (Å²) in [6, 6.07) is 0.0521. The molecule has 1 unspecified atom stereocenters. The Hall–Kier alpha value is -0.750. The van der Waals surface area contributed by atoms with E-state index < -0.39 is 19.0 Å². The van der Waals surface area contributed by atoms with Gasteiger partial charge < -0.3 is 15.2 Å². The molecule has 0 aromatic heterocycles. The van der Waals surface area contributed by atoms with Crippen LogP contribution in [0.1, 0.15) is 19.8 Å². The van der Waals surface area contributed by atoms with Crippen LogP contribution in [0.2, 0.25) is 0 Å². The number of rotatable bonds is 9. The first-order chi connectivity index (χ1) is 7.02. The van der Waals surface area contributed by atoms with Crippen LogP contribution in [-0.2, 0) is 9.53 Å². The molecule has 0 aliphatic heterocycles. The molecule has 0 aliphatic rings. The highest BCUT2D eigenvalue weighted by Gasteiger charge is 2.05. The largest absolute Gasteiger partial charge is 0.481 e. The lowest BCUT2D eigenvalue weighted by molar-refractivity contribution is -0.137. The average molecular weight is 225 g/mol. The molecular weight excluding hydrogens is 208 g/mol. The molecule has 4 nitrogen and oxygen atoms in total. The minimum absolute atomic E-state index is 0.0521. The highest BCUT2D eigenvalue weighted by atomic mass is 19.3. The molecule has 0 aliphatic carbocycles. The van der Waals surface area contributed by atoms with Gasteiger partial charge in [-0.3, -0.25) is 4.79 Å². The molecule has 1 atom stereocenters. The van der Waals surface area contributed by atoms with Crippen LogP contribution in [0, 0.1) is 0 Å². The summed E-state index contributed by atoms with van der Waals surface area (Å²) in [5, 5.41) is 11.4. The molecule has 0 radical (unpaired) electrons. The van der Waals surface area contributed by atoms with Gasteiger partial charge in [0.05, 0.1) is 6.61 Å². The number of ether oxygens (including phenoxy) is 1. The maximum Gasteiger partial charge on any atom is 0.303 e. The van der Waals surface area contributed by atoms with Crippen molar-refractivity contribution < 1.29 is 23.4 Å². The van der Waals surface area contributed by atoms with E-state index in [1.54, 1.807) is 0 Å². The molecule has 0 saturated carbocycles. The van der Waals surface area contributed by atoms with E-state index in [9.17, 15) is 13.6 Å². The molecule has 0 amide bonds. The van der Waals surface area contributed by atoms with Gasteiger partial charge in [-0.15, -0.1) is 0 Å². The topological polar surface area (TPSA) is 58.6 Å². The summed E-state index contributed by atoms with van der Waals surface area (Å²) in [5.74, 6) is -0.836. The molecule has 0 aromatic rings. The predicted molar refractivity (Wildman–Crippen MR) is 51.2 cm³/mol. The van der Waals surface area contributed by atoms with E-state index in [0.717, 1.165) is 0 Å². The third-order valence-corrected chi connectivity index (χ3v) is 1.77. The molecule has 0 aromatic carbocycles. The Kier molecular flexibility index (Phi) is 8.12. The normalized spacial score (nSPS) is 13.1. The van der Waals surface area contributed by atoms with Crippen LogP contribution in [0.4, 0.5) is 8.78 Å². The SMILES string of the molecule is CC(CCC(=O)O)NCCOCC(F)F. The van der Waals surface area contributed by atoms with Crippen molar-refractivity contribution >= 4 is 5.97 Å². The predicted octanol–water partition coefficient (Wildman–Crippen LogP) is 1.11. The second-order valence-corrected chi connectivity index (χ2v) is 3.25. The molecule has 6 heteroatoms. The number of halogens is 2. The van der Waals surface area contributed by atoms with E-state index in [4.69, 9.17) is 5.11 Å². The van der Waals surface area contributed by atoms with Crippen LogP contribution >= 0.6 is 0 Å². The van der Waals surface area contributed by atoms with Gasteiger partial charge in [0.25, 0.3) is 6.43 Å². The summed E-state index contributed by atoms with van der Waals surface area (Å²) in [6.45, 7) is 1.95. The Morgan fingerprint density at radius 2 is 2.20 bits per heavy atom. The first-order valence-electron chi connectivity index (χ1n) is 4.83. The first kappa shape index (κ1) is 14.2. The van der Waals surface area contributed by atoms with Crippen molar-refractivity contribution in [3.63, 3.8) is 0 Å². The van der Waals surface area contributed by atoms with Gasteiger partial charge in [0.15, 0.2) is 0 Å². The van der Waals surface area contributed by atoms with Crippen LogP contribution < -0.4 is 5.32 Å². The summed E-state index contributed by atoms with van der Waals surface area (Å²) >= 11 is 0. The second kappa shape index (κ2) is 8.55. The summed E-state index contributed by atoms with van der Waals surface area (Å²) < 4.78 is 27.9. The lowest BCUT2D eigenvalue weighted by atomic mass is 10.2. The highest BCUT2D eigenvalue weighted by molar-refractivity contribution is 5.66. The molecule has 0 spiro atoms. The Morgan fingerprint density at radius 3 is 2.73 bits per heavy atom. The van der Waals surface area contributed by atoms with E-state index in [2.05, 4.69) is 10.1 Å². The van der Waals surface area contributed by atoms with Crippen molar-refractivity contribution in [2.24, 2.45) is 0 Å². The highest BCUT2D eigenvalue weighted by Crippen LogP contribution is 1.96. The molecular formula is C9H17F2NO3. The molecule has 0 fully saturated rings. The van der Waals surface area contributed by atoms with Gasteiger partial charge in [0, 0.05) is 19.0 Å². The quantitative estimate of drug-likeness (QED) is 0.577. The molecule has 90 valence electrons. The zero-order chi connectivity index (χ0) is 11.7. The molecule has 0 saturated heterocycles. The van der Waals surface area contributed by atoms with Crippen LogP contribution in [0.3, 0.4) is 0 Å². The number of nitrogens with one attached hydrogen (secondary N) is 1. The zero-order valence-electron chi connectivity index (χ0n) is 8.71. The number of carbonyl (C=O) groups is 1. The summed E-state index contributed by atoms with van der Waals surface area (Å²) in [4.78, 5) is 10.2. The van der Waals surface area contributed by atoms with Crippen LogP contribution in [-0.4, -0.2) is 43.3 Å². The molecule has 0 heterocycles. The zero-order valence-corrected chi connectivity index (χ0v) is 8.71. The van der Waals surface area contributed by atoms with E-state index in [1.807, 2.05) is 6.92 Å². The lowest BCUT2D eigenvalue weighted by Crippen LogP contribution is -2.30. The Morgan fingerprint density at radius 1 is 1.53 bits per heavy atom. The number of aliphatic carboxylic acids is 1. The maximum absolute atomic E-state index is 11.6. The smallest absolute Gasteiger partial charge is 0.303 e. The minimum Gasteiger partial charge on any atom is -0.481 e. The van der Waals surface area contributed by atoms with E-state index >= 15 is 0 Å². The third kappa shape index (κ3) is 11.2. The summed E-state index contributed by atoms with van der Waals surface area (Å²) in [6.07, 6.45) is -1.81. The number of hydrogen-bond acceptors (Lipinski definition) is 3. The molecule has 0 rings (SSSR count).